The number of hydrogen-bond donors (Lipinski definition) is 1. The predicted octanol–water partition coefficient (Wildman–Crippen LogP) is 2.88. The summed E-state index contributed by atoms with van der Waals surface area (Å²) >= 11 is 1.52. The van der Waals surface area contributed by atoms with Crippen LogP contribution in [0.5, 0.6) is 0 Å². The third-order valence-corrected chi connectivity index (χ3v) is 3.99. The first-order valence-corrected chi connectivity index (χ1v) is 6.76. The molecule has 1 saturated heterocycles. The molecule has 1 aliphatic heterocycles. The number of aliphatic imine (C=N–C) groups is 1. The van der Waals surface area contributed by atoms with Crippen molar-refractivity contribution >= 4 is 28.5 Å². The molecule has 1 aromatic rings. The van der Waals surface area contributed by atoms with E-state index in [1.165, 1.54) is 17.3 Å². The standard InChI is InChI=1S/C13H16N2OS/c1-3-9-7-5-6-8-10(9)14-13-15-12(16)11(4-2)17-13/h5-8,11H,3-4H2,1-2H3,(H,14,15,16). The Kier molecular flexibility index (Phi) is 3.84. The third kappa shape index (κ3) is 2.69. The van der Waals surface area contributed by atoms with E-state index < -0.39 is 0 Å². The van der Waals surface area contributed by atoms with E-state index in [9.17, 15) is 4.79 Å². The van der Waals surface area contributed by atoms with Crippen LogP contribution < -0.4 is 5.32 Å². The highest BCUT2D eigenvalue weighted by Gasteiger charge is 2.28. The molecule has 1 fully saturated rings. The zero-order valence-electron chi connectivity index (χ0n) is 10.1. The molecule has 1 amide bonds. The van der Waals surface area contributed by atoms with Crippen molar-refractivity contribution in [1.29, 1.82) is 0 Å². The molecule has 17 heavy (non-hydrogen) atoms. The Morgan fingerprint density at radius 2 is 2.12 bits per heavy atom. The smallest absolute Gasteiger partial charge is 0.239 e. The van der Waals surface area contributed by atoms with Crippen molar-refractivity contribution < 1.29 is 4.79 Å². The van der Waals surface area contributed by atoms with Gasteiger partial charge in [0.1, 0.15) is 0 Å². The molecule has 0 saturated carbocycles. The number of hydrogen-bond acceptors (Lipinski definition) is 3. The van der Waals surface area contributed by atoms with E-state index in [4.69, 9.17) is 0 Å². The molecule has 1 aromatic carbocycles. The number of rotatable bonds is 3. The molecule has 0 aromatic heterocycles. The minimum Gasteiger partial charge on any atom is -0.304 e. The van der Waals surface area contributed by atoms with Crippen molar-refractivity contribution in [2.45, 2.75) is 31.9 Å². The minimum absolute atomic E-state index is 0.0162. The summed E-state index contributed by atoms with van der Waals surface area (Å²) in [6, 6.07) is 8.03. The Morgan fingerprint density at radius 1 is 1.35 bits per heavy atom. The van der Waals surface area contributed by atoms with Gasteiger partial charge in [-0.1, -0.05) is 43.8 Å². The number of para-hydroxylation sites is 1. The van der Waals surface area contributed by atoms with Gasteiger partial charge in [0.15, 0.2) is 5.17 Å². The van der Waals surface area contributed by atoms with Gasteiger partial charge in [-0.05, 0) is 24.5 Å². The number of nitrogens with zero attached hydrogens (tertiary/aromatic N) is 1. The third-order valence-electron chi connectivity index (χ3n) is 2.74. The molecule has 0 radical (unpaired) electrons. The fourth-order valence-corrected chi connectivity index (χ4v) is 2.67. The molecule has 0 spiro atoms. The Hall–Kier alpha value is -1.29. The Balaban J connectivity index is 2.23. The van der Waals surface area contributed by atoms with E-state index in [1.54, 1.807) is 0 Å². The molecule has 4 heteroatoms. The van der Waals surface area contributed by atoms with Crippen LogP contribution in [0.25, 0.3) is 0 Å². The van der Waals surface area contributed by atoms with Crippen molar-refractivity contribution in [3.8, 4) is 0 Å². The summed E-state index contributed by atoms with van der Waals surface area (Å²) in [5, 5.41) is 3.57. The largest absolute Gasteiger partial charge is 0.304 e. The number of benzene rings is 1. The van der Waals surface area contributed by atoms with E-state index in [0.29, 0.717) is 0 Å². The van der Waals surface area contributed by atoms with Crippen LogP contribution in [0, 0.1) is 0 Å². The highest BCUT2D eigenvalue weighted by atomic mass is 32.2. The van der Waals surface area contributed by atoms with Gasteiger partial charge in [-0.25, -0.2) is 4.99 Å². The van der Waals surface area contributed by atoms with E-state index in [2.05, 4.69) is 23.3 Å². The average molecular weight is 248 g/mol. The van der Waals surface area contributed by atoms with Gasteiger partial charge in [-0.3, -0.25) is 4.79 Å². The van der Waals surface area contributed by atoms with Crippen LogP contribution in [-0.2, 0) is 11.2 Å². The van der Waals surface area contributed by atoms with Crippen molar-refractivity contribution in [2.24, 2.45) is 4.99 Å². The predicted molar refractivity (Wildman–Crippen MR) is 72.7 cm³/mol. The summed E-state index contributed by atoms with van der Waals surface area (Å²) in [6.45, 7) is 4.12. The molecule has 90 valence electrons. The number of amides is 1. The molecule has 3 nitrogen and oxygen atoms in total. The maximum absolute atomic E-state index is 11.5. The molecule has 1 N–H and O–H groups in total. The number of thioether (sulfide) groups is 1. The summed E-state index contributed by atoms with van der Waals surface area (Å²) in [7, 11) is 0. The highest BCUT2D eigenvalue weighted by molar-refractivity contribution is 8.15. The Labute approximate surface area is 106 Å². The van der Waals surface area contributed by atoms with Crippen LogP contribution in [0.1, 0.15) is 25.8 Å². The first-order chi connectivity index (χ1) is 8.24. The van der Waals surface area contributed by atoms with Crippen LogP contribution in [0.15, 0.2) is 29.3 Å². The second-order valence-electron chi connectivity index (χ2n) is 3.90. The fourth-order valence-electron chi connectivity index (χ4n) is 1.75. The fraction of sp³-hybridized carbons (Fsp3) is 0.385. The van der Waals surface area contributed by atoms with E-state index in [0.717, 1.165) is 23.7 Å². The first-order valence-electron chi connectivity index (χ1n) is 5.88. The van der Waals surface area contributed by atoms with Crippen molar-refractivity contribution in [3.63, 3.8) is 0 Å². The second-order valence-corrected chi connectivity index (χ2v) is 5.09. The summed E-state index contributed by atoms with van der Waals surface area (Å²) in [4.78, 5) is 16.1. The molecule has 1 atom stereocenters. The van der Waals surface area contributed by atoms with Crippen molar-refractivity contribution in [3.05, 3.63) is 29.8 Å². The monoisotopic (exact) mass is 248 g/mol. The summed E-state index contributed by atoms with van der Waals surface area (Å²) < 4.78 is 0. The van der Waals surface area contributed by atoms with Crippen molar-refractivity contribution in [1.82, 2.24) is 5.32 Å². The zero-order valence-corrected chi connectivity index (χ0v) is 10.9. The summed E-state index contributed by atoms with van der Waals surface area (Å²) in [6.07, 6.45) is 1.79. The number of carbonyl (C=O) groups is 1. The Bertz CT molecular complexity index is 456. The quantitative estimate of drug-likeness (QED) is 0.893. The van der Waals surface area contributed by atoms with Crippen LogP contribution in [-0.4, -0.2) is 16.3 Å². The molecule has 1 unspecified atom stereocenters. The SMILES string of the molecule is CCc1ccccc1N=C1NC(=O)C(CC)S1. The second kappa shape index (κ2) is 5.36. The number of carbonyl (C=O) groups excluding carboxylic acids is 1. The molecular weight excluding hydrogens is 232 g/mol. The van der Waals surface area contributed by atoms with Gasteiger partial charge in [0, 0.05) is 0 Å². The van der Waals surface area contributed by atoms with Crippen molar-refractivity contribution in [2.75, 3.05) is 0 Å². The molecule has 1 heterocycles. The zero-order chi connectivity index (χ0) is 12.3. The van der Waals surface area contributed by atoms with E-state index >= 15 is 0 Å². The topological polar surface area (TPSA) is 41.5 Å². The number of amidine groups is 1. The van der Waals surface area contributed by atoms with E-state index in [-0.39, 0.29) is 11.2 Å². The van der Waals surface area contributed by atoms with Crippen LogP contribution in [0.2, 0.25) is 0 Å². The van der Waals surface area contributed by atoms with E-state index in [1.807, 2.05) is 25.1 Å². The number of aryl methyl sites for hydroxylation is 1. The summed E-state index contributed by atoms with van der Waals surface area (Å²) in [5.41, 5.74) is 2.16. The minimum atomic E-state index is 0.0162. The molecule has 2 rings (SSSR count). The first kappa shape index (κ1) is 12.2. The highest BCUT2D eigenvalue weighted by Crippen LogP contribution is 2.26. The average Bonchev–Trinajstić information content (AvgIpc) is 2.70. The lowest BCUT2D eigenvalue weighted by molar-refractivity contribution is -0.118. The van der Waals surface area contributed by atoms with Crippen LogP contribution >= 0.6 is 11.8 Å². The van der Waals surface area contributed by atoms with Gasteiger partial charge in [-0.2, -0.15) is 0 Å². The van der Waals surface area contributed by atoms with Gasteiger partial charge in [-0.15, -0.1) is 0 Å². The molecule has 0 aliphatic carbocycles. The maximum Gasteiger partial charge on any atom is 0.239 e. The van der Waals surface area contributed by atoms with Gasteiger partial charge >= 0.3 is 0 Å². The molecular formula is C13H16N2OS. The normalized spacial score (nSPS) is 21.9. The lowest BCUT2D eigenvalue weighted by Crippen LogP contribution is -2.24. The van der Waals surface area contributed by atoms with Gasteiger partial charge in [0.25, 0.3) is 0 Å². The van der Waals surface area contributed by atoms with Gasteiger partial charge in [0.2, 0.25) is 5.91 Å². The van der Waals surface area contributed by atoms with Gasteiger partial charge in [0.05, 0.1) is 10.9 Å². The number of nitrogens with one attached hydrogen (secondary N) is 1. The Morgan fingerprint density at radius 3 is 2.76 bits per heavy atom. The lowest BCUT2D eigenvalue weighted by Gasteiger charge is -2.03. The van der Waals surface area contributed by atoms with Crippen LogP contribution in [0.4, 0.5) is 5.69 Å². The van der Waals surface area contributed by atoms with Gasteiger partial charge < -0.3 is 5.32 Å². The summed E-state index contributed by atoms with van der Waals surface area (Å²) in [5.74, 6) is 0.0743. The lowest BCUT2D eigenvalue weighted by atomic mass is 10.1. The van der Waals surface area contributed by atoms with Crippen LogP contribution in [0.3, 0.4) is 0 Å². The maximum atomic E-state index is 11.5. The molecule has 1 aliphatic rings. The molecule has 0 bridgehead atoms.